The summed E-state index contributed by atoms with van der Waals surface area (Å²) < 4.78 is 0.747. The number of halogens is 2. The first kappa shape index (κ1) is 19.7. The van der Waals surface area contributed by atoms with Crippen LogP contribution in [0.3, 0.4) is 0 Å². The highest BCUT2D eigenvalue weighted by molar-refractivity contribution is 9.10. The van der Waals surface area contributed by atoms with Crippen molar-refractivity contribution in [2.75, 3.05) is 11.9 Å². The maximum absolute atomic E-state index is 13.6. The van der Waals surface area contributed by atoms with Gasteiger partial charge in [-0.3, -0.25) is 9.59 Å². The molecule has 3 aromatic carbocycles. The van der Waals surface area contributed by atoms with E-state index in [1.807, 2.05) is 55.5 Å². The standard InChI is InChI=1S/C23H18BrClN2O2/c1-14-7-10-20-18(11-14)22(15-5-3-2-4-6-15)27(13-21(28)26-20)23(29)17-12-16(24)8-9-19(17)25/h2-12,22H,13H2,1H3,(H,26,28)/t22-/m1/s1. The van der Waals surface area contributed by atoms with Crippen molar-refractivity contribution in [3.63, 3.8) is 0 Å². The van der Waals surface area contributed by atoms with Crippen LogP contribution < -0.4 is 5.32 Å². The molecule has 0 fully saturated rings. The van der Waals surface area contributed by atoms with E-state index in [2.05, 4.69) is 21.2 Å². The first-order valence-corrected chi connectivity index (χ1v) is 10.3. The van der Waals surface area contributed by atoms with Crippen molar-refractivity contribution in [3.8, 4) is 0 Å². The molecule has 29 heavy (non-hydrogen) atoms. The Morgan fingerprint density at radius 2 is 1.86 bits per heavy atom. The van der Waals surface area contributed by atoms with E-state index in [1.165, 1.54) is 0 Å². The van der Waals surface area contributed by atoms with E-state index >= 15 is 0 Å². The molecule has 0 aliphatic carbocycles. The van der Waals surface area contributed by atoms with Crippen LogP contribution in [0.4, 0.5) is 5.69 Å². The van der Waals surface area contributed by atoms with E-state index in [4.69, 9.17) is 11.6 Å². The number of hydrogen-bond acceptors (Lipinski definition) is 2. The minimum Gasteiger partial charge on any atom is -0.324 e. The molecule has 0 saturated carbocycles. The lowest BCUT2D eigenvalue weighted by atomic mass is 9.94. The molecular formula is C23H18BrClN2O2. The maximum Gasteiger partial charge on any atom is 0.256 e. The second kappa shape index (κ2) is 8.01. The number of nitrogens with one attached hydrogen (secondary N) is 1. The van der Waals surface area contributed by atoms with Gasteiger partial charge in [0, 0.05) is 15.7 Å². The highest BCUT2D eigenvalue weighted by Crippen LogP contribution is 2.37. The average molecular weight is 470 g/mol. The zero-order valence-corrected chi connectivity index (χ0v) is 18.0. The Balaban J connectivity index is 1.91. The van der Waals surface area contributed by atoms with Gasteiger partial charge < -0.3 is 10.2 Å². The molecule has 6 heteroatoms. The summed E-state index contributed by atoms with van der Waals surface area (Å²) in [4.78, 5) is 27.8. The Labute approximate surface area is 182 Å². The lowest BCUT2D eigenvalue weighted by Gasteiger charge is -2.31. The van der Waals surface area contributed by atoms with Crippen molar-refractivity contribution in [1.82, 2.24) is 4.90 Å². The number of aryl methyl sites for hydroxylation is 1. The van der Waals surface area contributed by atoms with Gasteiger partial charge in [-0.25, -0.2) is 0 Å². The van der Waals surface area contributed by atoms with Gasteiger partial charge in [-0.1, -0.05) is 75.6 Å². The number of amides is 2. The molecule has 0 spiro atoms. The van der Waals surface area contributed by atoms with Crippen LogP contribution >= 0.6 is 27.5 Å². The van der Waals surface area contributed by atoms with Crippen LogP contribution in [0.5, 0.6) is 0 Å². The molecular weight excluding hydrogens is 452 g/mol. The Hall–Kier alpha value is -2.63. The average Bonchev–Trinajstić information content (AvgIpc) is 2.85. The fourth-order valence-electron chi connectivity index (χ4n) is 3.63. The molecule has 1 N–H and O–H groups in total. The van der Waals surface area contributed by atoms with Gasteiger partial charge in [0.05, 0.1) is 16.6 Å². The SMILES string of the molecule is Cc1ccc2c(c1)[C@@H](c1ccccc1)N(C(=O)c1cc(Br)ccc1Cl)CC(=O)N2. The normalized spacial score (nSPS) is 16.0. The topological polar surface area (TPSA) is 49.4 Å². The van der Waals surface area contributed by atoms with Crippen LogP contribution in [0.25, 0.3) is 0 Å². The Bertz CT molecular complexity index is 1100. The lowest BCUT2D eigenvalue weighted by molar-refractivity contribution is -0.117. The quantitative estimate of drug-likeness (QED) is 0.531. The van der Waals surface area contributed by atoms with Crippen molar-refractivity contribution in [3.05, 3.63) is 98.5 Å². The molecule has 0 aromatic heterocycles. The van der Waals surface area contributed by atoms with E-state index < -0.39 is 6.04 Å². The number of fused-ring (bicyclic) bond motifs is 1. The van der Waals surface area contributed by atoms with Gasteiger partial charge in [0.15, 0.2) is 0 Å². The largest absolute Gasteiger partial charge is 0.324 e. The predicted molar refractivity (Wildman–Crippen MR) is 118 cm³/mol. The van der Waals surface area contributed by atoms with E-state index in [0.717, 1.165) is 21.2 Å². The Morgan fingerprint density at radius 1 is 1.10 bits per heavy atom. The molecule has 2 amide bonds. The molecule has 0 saturated heterocycles. The fraction of sp³-hybridized carbons (Fsp3) is 0.130. The summed E-state index contributed by atoms with van der Waals surface area (Å²) in [7, 11) is 0. The summed E-state index contributed by atoms with van der Waals surface area (Å²) in [6.45, 7) is 1.92. The van der Waals surface area contributed by atoms with Crippen LogP contribution in [-0.4, -0.2) is 23.3 Å². The van der Waals surface area contributed by atoms with E-state index in [9.17, 15) is 9.59 Å². The first-order chi connectivity index (χ1) is 13.9. The van der Waals surface area contributed by atoms with Gasteiger partial charge in [0.1, 0.15) is 6.54 Å². The number of nitrogens with zero attached hydrogens (tertiary/aromatic N) is 1. The molecule has 0 bridgehead atoms. The van der Waals surface area contributed by atoms with Gasteiger partial charge in [0.2, 0.25) is 5.91 Å². The minimum absolute atomic E-state index is 0.0744. The van der Waals surface area contributed by atoms with Crippen LogP contribution in [0.15, 0.2) is 71.2 Å². The van der Waals surface area contributed by atoms with Gasteiger partial charge in [-0.2, -0.15) is 0 Å². The first-order valence-electron chi connectivity index (χ1n) is 9.15. The second-order valence-corrected chi connectivity index (χ2v) is 8.33. The lowest BCUT2D eigenvalue weighted by Crippen LogP contribution is -2.39. The van der Waals surface area contributed by atoms with Crippen LogP contribution in [0.2, 0.25) is 5.02 Å². The highest BCUT2D eigenvalue weighted by Gasteiger charge is 2.34. The smallest absolute Gasteiger partial charge is 0.256 e. The Kier molecular flexibility index (Phi) is 5.43. The molecule has 1 heterocycles. The number of rotatable bonds is 2. The fourth-order valence-corrected chi connectivity index (χ4v) is 4.19. The van der Waals surface area contributed by atoms with Crippen molar-refractivity contribution in [1.29, 1.82) is 0 Å². The maximum atomic E-state index is 13.6. The zero-order chi connectivity index (χ0) is 20.5. The minimum atomic E-state index is -0.424. The van der Waals surface area contributed by atoms with Gasteiger partial charge in [0.25, 0.3) is 5.91 Å². The van der Waals surface area contributed by atoms with Crippen LogP contribution in [-0.2, 0) is 4.79 Å². The summed E-state index contributed by atoms with van der Waals surface area (Å²) in [5.74, 6) is -0.539. The predicted octanol–water partition coefficient (Wildman–Crippen LogP) is 5.59. The molecule has 1 atom stereocenters. The number of anilines is 1. The molecule has 1 aliphatic heterocycles. The number of hydrogen-bond donors (Lipinski definition) is 1. The van der Waals surface area contributed by atoms with Crippen molar-refractivity contribution in [2.45, 2.75) is 13.0 Å². The number of benzene rings is 3. The summed E-state index contributed by atoms with van der Waals surface area (Å²) in [5.41, 5.74) is 3.92. The van der Waals surface area contributed by atoms with Crippen LogP contribution in [0.1, 0.15) is 33.1 Å². The molecule has 1 aliphatic rings. The molecule has 4 nitrogen and oxygen atoms in total. The summed E-state index contributed by atoms with van der Waals surface area (Å²) in [6, 6.07) is 20.3. The molecule has 146 valence electrons. The number of carbonyl (C=O) groups is 2. The van der Waals surface area contributed by atoms with Gasteiger partial charge in [-0.05, 0) is 36.8 Å². The van der Waals surface area contributed by atoms with E-state index in [-0.39, 0.29) is 18.4 Å². The zero-order valence-electron chi connectivity index (χ0n) is 15.7. The van der Waals surface area contributed by atoms with Crippen molar-refractivity contribution >= 4 is 45.0 Å². The summed E-state index contributed by atoms with van der Waals surface area (Å²) in [5, 5.41) is 3.28. The molecule has 0 unspecified atom stereocenters. The third kappa shape index (κ3) is 3.93. The summed E-state index contributed by atoms with van der Waals surface area (Å²) in [6.07, 6.45) is 0. The molecule has 4 rings (SSSR count). The van der Waals surface area contributed by atoms with Crippen LogP contribution in [0, 0.1) is 6.92 Å². The van der Waals surface area contributed by atoms with Gasteiger partial charge >= 0.3 is 0 Å². The summed E-state index contributed by atoms with van der Waals surface area (Å²) >= 11 is 9.74. The third-order valence-electron chi connectivity index (χ3n) is 4.94. The van der Waals surface area contributed by atoms with Crippen molar-refractivity contribution < 1.29 is 9.59 Å². The van der Waals surface area contributed by atoms with Gasteiger partial charge in [-0.15, -0.1) is 0 Å². The third-order valence-corrected chi connectivity index (χ3v) is 5.76. The Morgan fingerprint density at radius 3 is 2.62 bits per heavy atom. The number of carbonyl (C=O) groups excluding carboxylic acids is 2. The van der Waals surface area contributed by atoms with E-state index in [1.54, 1.807) is 23.1 Å². The highest BCUT2D eigenvalue weighted by atomic mass is 79.9. The molecule has 3 aromatic rings. The monoisotopic (exact) mass is 468 g/mol. The van der Waals surface area contributed by atoms with Crippen molar-refractivity contribution in [2.24, 2.45) is 0 Å². The molecule has 0 radical (unpaired) electrons. The second-order valence-electron chi connectivity index (χ2n) is 7.01. The van der Waals surface area contributed by atoms with E-state index in [0.29, 0.717) is 16.3 Å².